The van der Waals surface area contributed by atoms with Crippen LogP contribution < -0.4 is 29.6 Å². The molecule has 0 heterocycles. The normalized spacial score (nSPS) is 9.89. The van der Waals surface area contributed by atoms with Crippen molar-refractivity contribution in [2.24, 2.45) is 0 Å². The molecule has 0 aliphatic carbocycles. The Balaban J connectivity index is 0.00000162. The van der Waals surface area contributed by atoms with Gasteiger partial charge in [-0.3, -0.25) is 0 Å². The van der Waals surface area contributed by atoms with Crippen LogP contribution in [0.1, 0.15) is 11.1 Å². The Labute approximate surface area is 137 Å². The maximum atomic E-state index is 9.68. The maximum Gasteiger partial charge on any atom is 1.00 e. The van der Waals surface area contributed by atoms with Crippen LogP contribution in [-0.2, 0) is 6.42 Å². The van der Waals surface area contributed by atoms with Gasteiger partial charge in [-0.05, 0) is 47.5 Å². The van der Waals surface area contributed by atoms with Gasteiger partial charge in [0.05, 0.1) is 0 Å². The van der Waals surface area contributed by atoms with Gasteiger partial charge in [0.2, 0.25) is 0 Å². The minimum Gasteiger partial charge on any atom is -0.508 e. The summed E-state index contributed by atoms with van der Waals surface area (Å²) in [4.78, 5) is 0. The van der Waals surface area contributed by atoms with Gasteiger partial charge in [-0.25, -0.2) is 0 Å². The molecule has 88 valence electrons. The number of phenols is 2. The van der Waals surface area contributed by atoms with Crippen molar-refractivity contribution in [2.45, 2.75) is 6.42 Å². The predicted octanol–water partition coefficient (Wildman–Crippen LogP) is 0.999. The first-order valence-corrected chi connectivity index (χ1v) is 5.76. The number of aromatic hydroxyl groups is 2. The van der Waals surface area contributed by atoms with E-state index >= 15 is 0 Å². The van der Waals surface area contributed by atoms with Gasteiger partial charge in [-0.2, -0.15) is 0 Å². The van der Waals surface area contributed by atoms with E-state index in [1.165, 1.54) is 12.1 Å². The van der Waals surface area contributed by atoms with Crippen LogP contribution in [0.15, 0.2) is 36.4 Å². The van der Waals surface area contributed by atoms with Crippen molar-refractivity contribution >= 4 is 23.2 Å². The Morgan fingerprint density at radius 3 is 1.56 bits per heavy atom. The Hall–Kier alpha value is -0.380. The van der Waals surface area contributed by atoms with E-state index < -0.39 is 0 Å². The summed E-state index contributed by atoms with van der Waals surface area (Å²) in [6.07, 6.45) is 0.374. The zero-order valence-electron chi connectivity index (χ0n) is 9.82. The second-order valence-corrected chi connectivity index (χ2v) is 4.60. The van der Waals surface area contributed by atoms with E-state index in [2.05, 4.69) is 0 Å². The van der Waals surface area contributed by atoms with E-state index in [1.807, 2.05) is 0 Å². The summed E-state index contributed by atoms with van der Waals surface area (Å²) in [7, 11) is 0. The molecule has 2 nitrogen and oxygen atoms in total. The average Bonchev–Trinajstić information content (AvgIpc) is 2.28. The van der Waals surface area contributed by atoms with Gasteiger partial charge < -0.3 is 10.2 Å². The van der Waals surface area contributed by atoms with E-state index in [4.69, 9.17) is 23.2 Å². The zero-order chi connectivity index (χ0) is 12.4. The maximum absolute atomic E-state index is 9.68. The number of rotatable bonds is 2. The van der Waals surface area contributed by atoms with E-state index in [-0.39, 0.29) is 41.1 Å². The standard InChI is InChI=1S/C13H10Cl2O2.Na/c14-10-1-3-12(16)8(6-10)5-9-7-11(15)2-4-13(9)17;/h1-4,6-7,16-17H,5H2;/q;+1. The van der Waals surface area contributed by atoms with E-state index in [9.17, 15) is 10.2 Å². The third kappa shape index (κ3) is 3.81. The van der Waals surface area contributed by atoms with Crippen molar-refractivity contribution in [3.8, 4) is 11.5 Å². The molecule has 0 saturated carbocycles. The van der Waals surface area contributed by atoms with Gasteiger partial charge in [0, 0.05) is 16.5 Å². The third-order valence-electron chi connectivity index (χ3n) is 2.46. The van der Waals surface area contributed by atoms with Gasteiger partial charge in [0.25, 0.3) is 0 Å². The first kappa shape index (κ1) is 15.7. The Morgan fingerprint density at radius 2 is 1.17 bits per heavy atom. The average molecular weight is 292 g/mol. The summed E-state index contributed by atoms with van der Waals surface area (Å²) in [5.41, 5.74) is 1.30. The fourth-order valence-corrected chi connectivity index (χ4v) is 1.99. The van der Waals surface area contributed by atoms with Crippen LogP contribution in [0.25, 0.3) is 0 Å². The van der Waals surface area contributed by atoms with Crippen LogP contribution in [0, 0.1) is 0 Å². The van der Waals surface area contributed by atoms with Crippen LogP contribution in [-0.4, -0.2) is 10.2 Å². The number of halogens is 2. The molecule has 0 aromatic heterocycles. The largest absolute Gasteiger partial charge is 1.00 e. The first-order chi connectivity index (χ1) is 8.06. The molecule has 2 aromatic carbocycles. The summed E-state index contributed by atoms with van der Waals surface area (Å²) in [6.45, 7) is 0. The monoisotopic (exact) mass is 291 g/mol. The van der Waals surface area contributed by atoms with Crippen LogP contribution in [0.3, 0.4) is 0 Å². The second-order valence-electron chi connectivity index (χ2n) is 3.72. The van der Waals surface area contributed by atoms with Gasteiger partial charge in [0.1, 0.15) is 11.5 Å². The van der Waals surface area contributed by atoms with Crippen molar-refractivity contribution in [3.63, 3.8) is 0 Å². The number of hydrogen-bond donors (Lipinski definition) is 2. The van der Waals surface area contributed by atoms with Gasteiger partial charge >= 0.3 is 29.6 Å². The summed E-state index contributed by atoms with van der Waals surface area (Å²) < 4.78 is 0. The molecule has 2 N–H and O–H groups in total. The number of hydrogen-bond acceptors (Lipinski definition) is 2. The number of benzene rings is 2. The minimum absolute atomic E-state index is 0. The van der Waals surface area contributed by atoms with Crippen molar-refractivity contribution in [1.82, 2.24) is 0 Å². The molecule has 0 bridgehead atoms. The molecule has 0 unspecified atom stereocenters. The van der Waals surface area contributed by atoms with Crippen LogP contribution in [0.4, 0.5) is 0 Å². The molecule has 0 atom stereocenters. The molecule has 0 spiro atoms. The molecule has 18 heavy (non-hydrogen) atoms. The first-order valence-electron chi connectivity index (χ1n) is 5.01. The molecule has 0 aliphatic heterocycles. The SMILES string of the molecule is Oc1ccc(Cl)cc1Cc1cc(Cl)ccc1O.[Na+]. The topological polar surface area (TPSA) is 40.5 Å². The Bertz CT molecular complexity index is 509. The molecule has 0 fully saturated rings. The summed E-state index contributed by atoms with van der Waals surface area (Å²) in [5, 5.41) is 20.4. The molecule has 0 saturated heterocycles. The van der Waals surface area contributed by atoms with Crippen molar-refractivity contribution in [3.05, 3.63) is 57.6 Å². The van der Waals surface area contributed by atoms with Crippen LogP contribution in [0.5, 0.6) is 11.5 Å². The fourth-order valence-electron chi connectivity index (χ4n) is 1.60. The van der Waals surface area contributed by atoms with E-state index in [0.29, 0.717) is 27.6 Å². The summed E-state index contributed by atoms with van der Waals surface area (Å²) in [6, 6.07) is 9.60. The van der Waals surface area contributed by atoms with Crippen LogP contribution >= 0.6 is 23.2 Å². The summed E-state index contributed by atoms with van der Waals surface area (Å²) in [5.74, 6) is 0.294. The predicted molar refractivity (Wildman–Crippen MR) is 69.0 cm³/mol. The summed E-state index contributed by atoms with van der Waals surface area (Å²) >= 11 is 11.7. The molecule has 2 rings (SSSR count). The molecule has 0 aliphatic rings. The zero-order valence-corrected chi connectivity index (χ0v) is 13.3. The van der Waals surface area contributed by atoms with Crippen molar-refractivity contribution in [1.29, 1.82) is 0 Å². The molecule has 5 heteroatoms. The van der Waals surface area contributed by atoms with Gasteiger partial charge in [-0.15, -0.1) is 0 Å². The minimum atomic E-state index is 0. The fraction of sp³-hybridized carbons (Fsp3) is 0.0769. The molecule has 0 amide bonds. The molecule has 2 aromatic rings. The van der Waals surface area contributed by atoms with Gasteiger partial charge in [0.15, 0.2) is 0 Å². The smallest absolute Gasteiger partial charge is 0.508 e. The molecule has 0 radical (unpaired) electrons. The Morgan fingerprint density at radius 1 is 0.778 bits per heavy atom. The van der Waals surface area contributed by atoms with E-state index in [0.717, 1.165) is 0 Å². The Kier molecular flexibility index (Phi) is 5.83. The van der Waals surface area contributed by atoms with E-state index in [1.54, 1.807) is 24.3 Å². The second kappa shape index (κ2) is 6.69. The number of phenolic OH excluding ortho intramolecular Hbond substituents is 2. The van der Waals surface area contributed by atoms with Crippen LogP contribution in [0.2, 0.25) is 10.0 Å². The van der Waals surface area contributed by atoms with Crippen molar-refractivity contribution < 1.29 is 39.8 Å². The molecular formula is C13H10Cl2NaO2+. The van der Waals surface area contributed by atoms with Gasteiger partial charge in [-0.1, -0.05) is 23.2 Å². The third-order valence-corrected chi connectivity index (χ3v) is 2.93. The molecular weight excluding hydrogens is 282 g/mol. The quantitative estimate of drug-likeness (QED) is 0.811. The van der Waals surface area contributed by atoms with Crippen molar-refractivity contribution in [2.75, 3.05) is 0 Å².